The molecule has 0 radical (unpaired) electrons. The molecule has 0 spiro atoms. The lowest BCUT2D eigenvalue weighted by atomic mass is 9.89. The number of aromatic hydroxyl groups is 2. The van der Waals surface area contributed by atoms with Crippen LogP contribution in [0.2, 0.25) is 5.02 Å². The van der Waals surface area contributed by atoms with Gasteiger partial charge in [0.15, 0.2) is 11.6 Å². The van der Waals surface area contributed by atoms with Crippen LogP contribution in [0.4, 0.5) is 4.39 Å². The van der Waals surface area contributed by atoms with Gasteiger partial charge >= 0.3 is 0 Å². The van der Waals surface area contributed by atoms with Crippen molar-refractivity contribution in [1.82, 2.24) is 0 Å². The van der Waals surface area contributed by atoms with Crippen LogP contribution in [0.25, 0.3) is 11.1 Å². The third kappa shape index (κ3) is 4.72. The number of alkyl halides is 1. The summed E-state index contributed by atoms with van der Waals surface area (Å²) in [6.45, 7) is 0. The third-order valence-electron chi connectivity index (χ3n) is 5.37. The summed E-state index contributed by atoms with van der Waals surface area (Å²) in [4.78, 5) is 0. The van der Waals surface area contributed by atoms with E-state index in [-0.39, 0.29) is 11.5 Å². The van der Waals surface area contributed by atoms with Gasteiger partial charge < -0.3 is 10.2 Å². The molecular formula is C23H25BrClFO2. The maximum Gasteiger partial charge on any atom is 0.164 e. The van der Waals surface area contributed by atoms with Crippen LogP contribution in [0.1, 0.15) is 61.6 Å². The van der Waals surface area contributed by atoms with Gasteiger partial charge in [-0.15, -0.1) is 0 Å². The first-order valence-electron chi connectivity index (χ1n) is 9.80. The Morgan fingerprint density at radius 1 is 0.964 bits per heavy atom. The number of hydrogen-bond donors (Lipinski definition) is 2. The number of unbranched alkanes of at least 4 members (excludes halogenated alkanes) is 3. The van der Waals surface area contributed by atoms with E-state index in [1.54, 1.807) is 12.1 Å². The molecule has 0 fully saturated rings. The Hall–Kier alpha value is -1.52. The molecule has 3 rings (SSSR count). The van der Waals surface area contributed by atoms with Crippen LogP contribution in [0.5, 0.6) is 11.5 Å². The van der Waals surface area contributed by atoms with Gasteiger partial charge in [-0.05, 0) is 84.6 Å². The molecule has 150 valence electrons. The Kier molecular flexibility index (Phi) is 7.42. The van der Waals surface area contributed by atoms with Gasteiger partial charge in [-0.3, -0.25) is 0 Å². The summed E-state index contributed by atoms with van der Waals surface area (Å²) < 4.78 is 13.6. The molecule has 1 aliphatic carbocycles. The van der Waals surface area contributed by atoms with E-state index in [1.807, 2.05) is 6.07 Å². The number of allylic oxidation sites excluding steroid dienone is 2. The summed E-state index contributed by atoms with van der Waals surface area (Å²) in [6, 6.07) is 8.17. The summed E-state index contributed by atoms with van der Waals surface area (Å²) in [6.07, 6.45) is 7.91. The van der Waals surface area contributed by atoms with Gasteiger partial charge in [0, 0.05) is 5.33 Å². The molecule has 0 aliphatic heterocycles. The average molecular weight is 468 g/mol. The fraction of sp³-hybridized carbons (Fsp3) is 0.391. The van der Waals surface area contributed by atoms with Gasteiger partial charge in [-0.2, -0.15) is 0 Å². The van der Waals surface area contributed by atoms with Crippen LogP contribution in [-0.4, -0.2) is 15.5 Å². The number of fused-ring (bicyclic) bond motifs is 1. The quantitative estimate of drug-likeness (QED) is 0.327. The molecule has 2 nitrogen and oxygen atoms in total. The summed E-state index contributed by atoms with van der Waals surface area (Å²) in [5.41, 5.74) is 5.24. The van der Waals surface area contributed by atoms with Crippen LogP contribution in [0.3, 0.4) is 0 Å². The molecule has 0 atom stereocenters. The van der Waals surface area contributed by atoms with Crippen LogP contribution >= 0.6 is 27.5 Å². The van der Waals surface area contributed by atoms with Crippen molar-refractivity contribution in [2.45, 2.75) is 51.4 Å². The Balaban J connectivity index is 2.04. The zero-order valence-corrected chi connectivity index (χ0v) is 18.1. The number of rotatable bonds is 7. The molecule has 0 amide bonds. The van der Waals surface area contributed by atoms with Crippen LogP contribution < -0.4 is 0 Å². The van der Waals surface area contributed by atoms with Crippen LogP contribution in [-0.2, 0) is 6.42 Å². The molecule has 28 heavy (non-hydrogen) atoms. The molecule has 0 heterocycles. The molecule has 1 aliphatic rings. The van der Waals surface area contributed by atoms with Gasteiger partial charge in [0.05, 0.1) is 5.02 Å². The highest BCUT2D eigenvalue weighted by Crippen LogP contribution is 2.43. The van der Waals surface area contributed by atoms with Crippen molar-refractivity contribution in [2.24, 2.45) is 0 Å². The van der Waals surface area contributed by atoms with Crippen LogP contribution in [0, 0.1) is 5.82 Å². The summed E-state index contributed by atoms with van der Waals surface area (Å²) in [5, 5.41) is 21.4. The molecule has 0 unspecified atom stereocenters. The molecule has 0 saturated carbocycles. The topological polar surface area (TPSA) is 40.5 Å². The average Bonchev–Trinajstić information content (AvgIpc) is 2.87. The fourth-order valence-electron chi connectivity index (χ4n) is 3.95. The lowest BCUT2D eigenvalue weighted by Gasteiger charge is -2.17. The molecule has 0 saturated heterocycles. The van der Waals surface area contributed by atoms with E-state index in [9.17, 15) is 14.6 Å². The predicted molar refractivity (Wildman–Crippen MR) is 118 cm³/mol. The number of halogens is 3. The van der Waals surface area contributed by atoms with Crippen molar-refractivity contribution in [3.05, 3.63) is 57.9 Å². The van der Waals surface area contributed by atoms with E-state index in [0.717, 1.165) is 72.5 Å². The molecule has 5 heteroatoms. The van der Waals surface area contributed by atoms with Gasteiger partial charge in [0.1, 0.15) is 5.75 Å². The summed E-state index contributed by atoms with van der Waals surface area (Å²) in [5.74, 6) is -0.822. The first-order valence-corrected chi connectivity index (χ1v) is 11.3. The Bertz CT molecular complexity index is 879. The van der Waals surface area contributed by atoms with Gasteiger partial charge in [0.25, 0.3) is 0 Å². The van der Waals surface area contributed by atoms with Crippen molar-refractivity contribution < 1.29 is 14.6 Å². The second-order valence-corrected chi connectivity index (χ2v) is 8.43. The number of hydrogen-bond acceptors (Lipinski definition) is 2. The van der Waals surface area contributed by atoms with E-state index in [4.69, 9.17) is 11.6 Å². The molecule has 2 aromatic rings. The first kappa shape index (κ1) is 21.2. The van der Waals surface area contributed by atoms with Gasteiger partial charge in [0.2, 0.25) is 0 Å². The van der Waals surface area contributed by atoms with Crippen molar-refractivity contribution in [1.29, 1.82) is 0 Å². The fourth-order valence-corrected chi connectivity index (χ4v) is 4.60. The maximum absolute atomic E-state index is 13.6. The second kappa shape index (κ2) is 9.80. The molecule has 0 aromatic heterocycles. The van der Waals surface area contributed by atoms with E-state index in [0.29, 0.717) is 5.02 Å². The minimum Gasteiger partial charge on any atom is -0.506 e. The van der Waals surface area contributed by atoms with Crippen molar-refractivity contribution in [2.75, 3.05) is 5.33 Å². The molecule has 2 N–H and O–H groups in total. The minimum atomic E-state index is -0.609. The van der Waals surface area contributed by atoms with Gasteiger partial charge in [-0.1, -0.05) is 52.5 Å². The third-order valence-corrected chi connectivity index (χ3v) is 6.35. The molecular weight excluding hydrogens is 443 g/mol. The maximum atomic E-state index is 13.6. The molecule has 2 aromatic carbocycles. The highest BCUT2D eigenvalue weighted by molar-refractivity contribution is 9.09. The first-order chi connectivity index (χ1) is 13.5. The zero-order valence-electron chi connectivity index (χ0n) is 15.8. The van der Waals surface area contributed by atoms with Crippen molar-refractivity contribution in [3.8, 4) is 11.5 Å². The van der Waals surface area contributed by atoms with Gasteiger partial charge in [-0.25, -0.2) is 4.39 Å². The normalized spacial score (nSPS) is 14.1. The smallest absolute Gasteiger partial charge is 0.164 e. The minimum absolute atomic E-state index is 0.111. The van der Waals surface area contributed by atoms with E-state index in [2.05, 4.69) is 15.9 Å². The Labute approximate surface area is 179 Å². The highest BCUT2D eigenvalue weighted by Gasteiger charge is 2.22. The predicted octanol–water partition coefficient (Wildman–Crippen LogP) is 7.48. The molecule has 0 bridgehead atoms. The second-order valence-electron chi connectivity index (χ2n) is 7.25. The number of phenolic OH excluding ortho intramolecular Hbond substituents is 2. The van der Waals surface area contributed by atoms with E-state index < -0.39 is 5.82 Å². The number of phenols is 2. The lowest BCUT2D eigenvalue weighted by molar-refractivity contribution is 0.432. The standard InChI is InChI=1S/C23H25BrClFO2/c24-13-4-2-1-3-6-17-16(15-9-11-20(26)22(28)14-15)7-5-8-19-18(17)10-12-21(27)23(19)25/h9-12,14,27-28H,1-8,13H2. The van der Waals surface area contributed by atoms with Crippen molar-refractivity contribution >= 4 is 38.7 Å². The Morgan fingerprint density at radius 3 is 2.50 bits per heavy atom. The Morgan fingerprint density at radius 2 is 1.75 bits per heavy atom. The highest BCUT2D eigenvalue weighted by atomic mass is 79.9. The summed E-state index contributed by atoms with van der Waals surface area (Å²) >= 11 is 9.90. The lowest BCUT2D eigenvalue weighted by Crippen LogP contribution is -1.96. The van der Waals surface area contributed by atoms with Crippen LogP contribution in [0.15, 0.2) is 30.3 Å². The monoisotopic (exact) mass is 466 g/mol. The largest absolute Gasteiger partial charge is 0.506 e. The van der Waals surface area contributed by atoms with Crippen molar-refractivity contribution in [3.63, 3.8) is 0 Å². The zero-order chi connectivity index (χ0) is 20.1. The number of benzene rings is 2. The van der Waals surface area contributed by atoms with E-state index >= 15 is 0 Å². The summed E-state index contributed by atoms with van der Waals surface area (Å²) in [7, 11) is 0. The van der Waals surface area contributed by atoms with E-state index in [1.165, 1.54) is 24.1 Å². The SMILES string of the molecule is Oc1cc(C2=C(CCCCCCBr)c3ccc(O)c(Cl)c3CCC2)ccc1F.